The Balaban J connectivity index is 2.95. The van der Waals surface area contributed by atoms with Gasteiger partial charge in [-0.05, 0) is 30.8 Å². The van der Waals surface area contributed by atoms with Gasteiger partial charge in [0, 0.05) is 12.2 Å². The topological polar surface area (TPSA) is 75.3 Å². The molecule has 0 amide bonds. The summed E-state index contributed by atoms with van der Waals surface area (Å²) in [6, 6.07) is 4.65. The zero-order chi connectivity index (χ0) is 11.3. The van der Waals surface area contributed by atoms with Crippen molar-refractivity contribution in [1.29, 1.82) is 0 Å². The van der Waals surface area contributed by atoms with Gasteiger partial charge in [-0.2, -0.15) is 0 Å². The first-order valence-electron chi connectivity index (χ1n) is 4.59. The molecular weight excluding hydrogens is 192 g/mol. The molecule has 80 valence electrons. The molecule has 4 heteroatoms. The normalized spacial score (nSPS) is 10.7. The zero-order valence-corrected chi connectivity index (χ0v) is 8.53. The molecule has 1 rings (SSSR count). The Labute approximate surface area is 88.4 Å². The van der Waals surface area contributed by atoms with E-state index >= 15 is 0 Å². The summed E-state index contributed by atoms with van der Waals surface area (Å²) in [4.78, 5) is 10.7. The van der Waals surface area contributed by atoms with Gasteiger partial charge in [0.1, 0.15) is 0 Å². The Hall–Kier alpha value is -1.81. The third-order valence-electron chi connectivity index (χ3n) is 1.95. The van der Waals surface area contributed by atoms with Crippen LogP contribution in [0.1, 0.15) is 15.9 Å². The second kappa shape index (κ2) is 5.17. The van der Waals surface area contributed by atoms with Crippen molar-refractivity contribution in [1.82, 2.24) is 5.32 Å². The highest BCUT2D eigenvalue weighted by molar-refractivity contribution is 5.89. The Morgan fingerprint density at radius 1 is 1.60 bits per heavy atom. The Morgan fingerprint density at radius 3 is 2.93 bits per heavy atom. The molecule has 0 saturated carbocycles. The number of nitrogens with two attached hydrogens (primary N) is 1. The second-order valence-electron chi connectivity index (χ2n) is 3.11. The fraction of sp³-hybridized carbons (Fsp3) is 0.182. The fourth-order valence-electron chi connectivity index (χ4n) is 1.16. The van der Waals surface area contributed by atoms with E-state index in [1.807, 2.05) is 13.1 Å². The van der Waals surface area contributed by atoms with Gasteiger partial charge in [0.15, 0.2) is 0 Å². The van der Waals surface area contributed by atoms with Gasteiger partial charge in [0.25, 0.3) is 0 Å². The van der Waals surface area contributed by atoms with E-state index in [1.54, 1.807) is 18.2 Å². The van der Waals surface area contributed by atoms with E-state index in [2.05, 4.69) is 5.32 Å². The molecule has 4 nitrogen and oxygen atoms in total. The first-order chi connectivity index (χ1) is 7.15. The van der Waals surface area contributed by atoms with Crippen molar-refractivity contribution in [3.8, 4) is 0 Å². The predicted molar refractivity (Wildman–Crippen MR) is 60.8 cm³/mol. The Kier molecular flexibility index (Phi) is 3.88. The molecule has 0 aromatic heterocycles. The number of hydrogen-bond donors (Lipinski definition) is 3. The lowest BCUT2D eigenvalue weighted by Gasteiger charge is -2.02. The van der Waals surface area contributed by atoms with Crippen molar-refractivity contribution in [3.05, 3.63) is 35.4 Å². The summed E-state index contributed by atoms with van der Waals surface area (Å²) in [6.45, 7) is 0.719. The van der Waals surface area contributed by atoms with Gasteiger partial charge in [-0.3, -0.25) is 0 Å². The summed E-state index contributed by atoms with van der Waals surface area (Å²) in [6.07, 6.45) is 3.69. The van der Waals surface area contributed by atoms with Crippen molar-refractivity contribution in [2.24, 2.45) is 0 Å². The van der Waals surface area contributed by atoms with Crippen LogP contribution in [0.2, 0.25) is 0 Å². The SMILES string of the molecule is CNCC=Cc1cc(C(=O)O)ccc1N. The lowest BCUT2D eigenvalue weighted by Crippen LogP contribution is -2.04. The molecule has 0 unspecified atom stereocenters. The summed E-state index contributed by atoms with van der Waals surface area (Å²) in [5, 5.41) is 11.7. The van der Waals surface area contributed by atoms with E-state index in [-0.39, 0.29) is 5.56 Å². The van der Waals surface area contributed by atoms with Gasteiger partial charge in [-0.15, -0.1) is 0 Å². The molecule has 0 atom stereocenters. The molecule has 4 N–H and O–H groups in total. The lowest BCUT2D eigenvalue weighted by atomic mass is 10.1. The van der Waals surface area contributed by atoms with Crippen LogP contribution in [0.15, 0.2) is 24.3 Å². The van der Waals surface area contributed by atoms with E-state index in [0.29, 0.717) is 5.69 Å². The number of carboxylic acid groups (broad SMARTS) is 1. The molecular formula is C11H14N2O2. The molecule has 1 aromatic carbocycles. The lowest BCUT2D eigenvalue weighted by molar-refractivity contribution is 0.0697. The zero-order valence-electron chi connectivity index (χ0n) is 8.53. The maximum atomic E-state index is 10.7. The molecule has 0 spiro atoms. The van der Waals surface area contributed by atoms with Crippen molar-refractivity contribution in [3.63, 3.8) is 0 Å². The standard InChI is InChI=1S/C11H14N2O2/c1-13-6-2-3-8-7-9(11(14)15)4-5-10(8)12/h2-5,7,13H,6,12H2,1H3,(H,14,15). The van der Waals surface area contributed by atoms with Crippen LogP contribution in [0, 0.1) is 0 Å². The summed E-state index contributed by atoms with van der Waals surface area (Å²) in [5.41, 5.74) is 7.25. The van der Waals surface area contributed by atoms with Gasteiger partial charge in [-0.1, -0.05) is 12.2 Å². The number of likely N-dealkylation sites (N-methyl/N-ethyl adjacent to an activating group) is 1. The summed E-state index contributed by atoms with van der Waals surface area (Å²) < 4.78 is 0. The predicted octanol–water partition coefficient (Wildman–Crippen LogP) is 1.20. The minimum atomic E-state index is -0.946. The van der Waals surface area contributed by atoms with E-state index in [1.165, 1.54) is 6.07 Å². The highest BCUT2D eigenvalue weighted by Crippen LogP contribution is 2.15. The van der Waals surface area contributed by atoms with E-state index in [0.717, 1.165) is 12.1 Å². The van der Waals surface area contributed by atoms with Crippen LogP contribution in [0.5, 0.6) is 0 Å². The third kappa shape index (κ3) is 3.11. The van der Waals surface area contributed by atoms with Crippen LogP contribution in [-0.2, 0) is 0 Å². The Morgan fingerprint density at radius 2 is 2.33 bits per heavy atom. The minimum absolute atomic E-state index is 0.244. The number of carbonyl (C=O) groups is 1. The number of nitrogens with one attached hydrogen (secondary N) is 1. The van der Waals surface area contributed by atoms with Crippen LogP contribution < -0.4 is 11.1 Å². The highest BCUT2D eigenvalue weighted by Gasteiger charge is 2.04. The highest BCUT2D eigenvalue weighted by atomic mass is 16.4. The van der Waals surface area contributed by atoms with Gasteiger partial charge in [0.05, 0.1) is 5.56 Å². The summed E-state index contributed by atoms with van der Waals surface area (Å²) >= 11 is 0. The fourth-order valence-corrected chi connectivity index (χ4v) is 1.16. The first kappa shape index (κ1) is 11.3. The van der Waals surface area contributed by atoms with Crippen molar-refractivity contribution >= 4 is 17.7 Å². The van der Waals surface area contributed by atoms with Crippen molar-refractivity contribution in [2.75, 3.05) is 19.3 Å². The molecule has 0 heterocycles. The van der Waals surface area contributed by atoms with Crippen LogP contribution in [0.25, 0.3) is 6.08 Å². The van der Waals surface area contributed by atoms with Gasteiger partial charge >= 0.3 is 5.97 Å². The maximum Gasteiger partial charge on any atom is 0.335 e. The number of benzene rings is 1. The van der Waals surface area contributed by atoms with E-state index in [9.17, 15) is 4.79 Å². The average Bonchev–Trinajstić information content (AvgIpc) is 2.20. The number of carboxylic acids is 1. The van der Waals surface area contributed by atoms with Crippen LogP contribution in [-0.4, -0.2) is 24.7 Å². The molecule has 0 radical (unpaired) electrons. The van der Waals surface area contributed by atoms with Crippen molar-refractivity contribution < 1.29 is 9.90 Å². The number of rotatable bonds is 4. The second-order valence-corrected chi connectivity index (χ2v) is 3.11. The van der Waals surface area contributed by atoms with Crippen LogP contribution >= 0.6 is 0 Å². The molecule has 0 fully saturated rings. The molecule has 0 aliphatic rings. The van der Waals surface area contributed by atoms with Gasteiger partial charge in [-0.25, -0.2) is 4.79 Å². The smallest absolute Gasteiger partial charge is 0.335 e. The molecule has 1 aromatic rings. The third-order valence-corrected chi connectivity index (χ3v) is 1.95. The summed E-state index contributed by atoms with van der Waals surface area (Å²) in [7, 11) is 1.83. The molecule has 0 aliphatic carbocycles. The van der Waals surface area contributed by atoms with Gasteiger partial charge in [0.2, 0.25) is 0 Å². The first-order valence-corrected chi connectivity index (χ1v) is 4.59. The summed E-state index contributed by atoms with van der Waals surface area (Å²) in [5.74, 6) is -0.946. The molecule has 0 bridgehead atoms. The van der Waals surface area contributed by atoms with E-state index < -0.39 is 5.97 Å². The number of nitrogen functional groups attached to an aromatic ring is 1. The number of hydrogen-bond acceptors (Lipinski definition) is 3. The average molecular weight is 206 g/mol. The quantitative estimate of drug-likeness (QED) is 0.647. The number of anilines is 1. The van der Waals surface area contributed by atoms with Crippen LogP contribution in [0.3, 0.4) is 0 Å². The molecule has 0 aliphatic heterocycles. The monoisotopic (exact) mass is 206 g/mol. The van der Waals surface area contributed by atoms with Gasteiger partial charge < -0.3 is 16.2 Å². The molecule has 15 heavy (non-hydrogen) atoms. The van der Waals surface area contributed by atoms with Crippen LogP contribution in [0.4, 0.5) is 5.69 Å². The maximum absolute atomic E-state index is 10.7. The van der Waals surface area contributed by atoms with E-state index in [4.69, 9.17) is 10.8 Å². The largest absolute Gasteiger partial charge is 0.478 e. The number of aromatic carboxylic acids is 1. The minimum Gasteiger partial charge on any atom is -0.478 e. The van der Waals surface area contributed by atoms with Crippen molar-refractivity contribution in [2.45, 2.75) is 0 Å². The molecule has 0 saturated heterocycles. The Bertz CT molecular complexity index is 386.